The maximum atomic E-state index is 12.8. The number of hydrogen-bond donors (Lipinski definition) is 2. The van der Waals surface area contributed by atoms with Crippen LogP contribution in [0.5, 0.6) is 0 Å². The number of aryl methyl sites for hydroxylation is 2. The van der Waals surface area contributed by atoms with Gasteiger partial charge in [-0.15, -0.1) is 0 Å². The molecule has 0 radical (unpaired) electrons. The minimum atomic E-state index is -3.46. The fraction of sp³-hybridized carbons (Fsp3) is 0.435. The highest BCUT2D eigenvalue weighted by Crippen LogP contribution is 2.16. The number of carbonyl (C=O) groups is 1. The molecular formula is C23H32N3O3S+. The zero-order valence-corrected chi connectivity index (χ0v) is 18.6. The Balaban J connectivity index is 1.42. The monoisotopic (exact) mass is 430 g/mol. The highest BCUT2D eigenvalue weighted by molar-refractivity contribution is 7.89. The highest BCUT2D eigenvalue weighted by atomic mass is 32.2. The van der Waals surface area contributed by atoms with Crippen molar-refractivity contribution in [1.82, 2.24) is 9.62 Å². The largest absolute Gasteiger partial charge is 0.349 e. The molecule has 0 spiro atoms. The van der Waals surface area contributed by atoms with Crippen LogP contribution >= 0.6 is 0 Å². The van der Waals surface area contributed by atoms with E-state index in [9.17, 15) is 13.2 Å². The quantitative estimate of drug-likeness (QED) is 0.657. The van der Waals surface area contributed by atoms with Gasteiger partial charge in [0.1, 0.15) is 0 Å². The van der Waals surface area contributed by atoms with Gasteiger partial charge in [0, 0.05) is 6.04 Å². The van der Waals surface area contributed by atoms with Crippen molar-refractivity contribution in [3.05, 3.63) is 65.7 Å². The van der Waals surface area contributed by atoms with Gasteiger partial charge in [0.05, 0.1) is 31.1 Å². The molecule has 1 amide bonds. The van der Waals surface area contributed by atoms with Gasteiger partial charge in [-0.1, -0.05) is 48.0 Å². The lowest BCUT2D eigenvalue weighted by Crippen LogP contribution is -3.15. The van der Waals surface area contributed by atoms with E-state index in [1.807, 2.05) is 44.2 Å². The lowest BCUT2D eigenvalue weighted by molar-refractivity contribution is -0.895. The van der Waals surface area contributed by atoms with Gasteiger partial charge in [0.2, 0.25) is 10.0 Å². The van der Waals surface area contributed by atoms with Crippen molar-refractivity contribution in [2.24, 2.45) is 0 Å². The van der Waals surface area contributed by atoms with Crippen molar-refractivity contribution in [2.75, 3.05) is 32.7 Å². The first-order chi connectivity index (χ1) is 14.3. The molecular weight excluding hydrogens is 398 g/mol. The van der Waals surface area contributed by atoms with Crippen molar-refractivity contribution in [3.63, 3.8) is 0 Å². The lowest BCUT2D eigenvalue weighted by atomic mass is 10.1. The number of nitrogens with zero attached hydrogens (tertiary/aromatic N) is 1. The first-order valence-corrected chi connectivity index (χ1v) is 12.0. The average molecular weight is 431 g/mol. The smallest absolute Gasteiger partial charge is 0.275 e. The van der Waals surface area contributed by atoms with Crippen molar-refractivity contribution in [2.45, 2.75) is 37.6 Å². The molecule has 2 aromatic rings. The second kappa shape index (κ2) is 10.2. The fourth-order valence-corrected chi connectivity index (χ4v) is 5.17. The zero-order chi connectivity index (χ0) is 21.6. The molecule has 1 heterocycles. The molecule has 1 atom stereocenters. The summed E-state index contributed by atoms with van der Waals surface area (Å²) >= 11 is 0. The van der Waals surface area contributed by atoms with Gasteiger partial charge in [0.15, 0.2) is 6.54 Å². The summed E-state index contributed by atoms with van der Waals surface area (Å²) in [6.07, 6.45) is 1.83. The second-order valence-corrected chi connectivity index (χ2v) is 10.1. The molecule has 30 heavy (non-hydrogen) atoms. The number of carbonyl (C=O) groups excluding carboxylic acids is 1. The molecule has 2 aromatic carbocycles. The summed E-state index contributed by atoms with van der Waals surface area (Å²) < 4.78 is 27.1. The molecule has 0 saturated carbocycles. The second-order valence-electron chi connectivity index (χ2n) is 8.14. The number of sulfonamides is 1. The van der Waals surface area contributed by atoms with E-state index in [4.69, 9.17) is 0 Å². The van der Waals surface area contributed by atoms with Crippen LogP contribution in [0.25, 0.3) is 0 Å². The standard InChI is InChI=1S/C23H31N3O3S/c1-19-8-12-22(13-9-19)30(28,29)26-16-14-25(15-17-26)18-23(27)24-20(2)10-11-21-6-4-3-5-7-21/h3-9,12-13,20H,10-11,14-18H2,1-2H3,(H,24,27)/p+1/t20-/m0/s1. The third-order valence-electron chi connectivity index (χ3n) is 5.62. The third kappa shape index (κ3) is 6.14. The predicted octanol–water partition coefficient (Wildman–Crippen LogP) is 1.02. The number of nitrogens with one attached hydrogen (secondary N) is 2. The highest BCUT2D eigenvalue weighted by Gasteiger charge is 2.31. The normalized spacial score (nSPS) is 16.9. The molecule has 0 bridgehead atoms. The number of amides is 1. The summed E-state index contributed by atoms with van der Waals surface area (Å²) in [7, 11) is -3.46. The Labute approximate surface area is 179 Å². The summed E-state index contributed by atoms with van der Waals surface area (Å²) in [5.41, 5.74) is 2.31. The minimum Gasteiger partial charge on any atom is -0.349 e. The molecule has 3 rings (SSSR count). The Morgan fingerprint density at radius 1 is 1.07 bits per heavy atom. The summed E-state index contributed by atoms with van der Waals surface area (Å²) in [5.74, 6) is 0.0282. The van der Waals surface area contributed by atoms with Crippen LogP contribution in [0.1, 0.15) is 24.5 Å². The Bertz CT molecular complexity index is 922. The third-order valence-corrected chi connectivity index (χ3v) is 7.53. The minimum absolute atomic E-state index is 0.0282. The number of benzene rings is 2. The Morgan fingerprint density at radius 2 is 1.70 bits per heavy atom. The lowest BCUT2D eigenvalue weighted by Gasteiger charge is -2.31. The molecule has 1 fully saturated rings. The molecule has 0 aliphatic carbocycles. The molecule has 1 aliphatic rings. The SMILES string of the molecule is Cc1ccc(S(=O)(=O)N2CC[NH+](CC(=O)N[C@@H](C)CCc3ccccc3)CC2)cc1. The molecule has 7 heteroatoms. The van der Waals surface area contributed by atoms with E-state index in [2.05, 4.69) is 17.4 Å². The van der Waals surface area contributed by atoms with Gasteiger partial charge in [-0.05, 0) is 44.4 Å². The van der Waals surface area contributed by atoms with Crippen molar-refractivity contribution >= 4 is 15.9 Å². The number of piperazine rings is 1. The number of quaternary nitrogens is 1. The summed E-state index contributed by atoms with van der Waals surface area (Å²) in [6.45, 7) is 6.49. The molecule has 0 unspecified atom stereocenters. The van der Waals surface area contributed by atoms with Crippen LogP contribution in [0.15, 0.2) is 59.5 Å². The Kier molecular flexibility index (Phi) is 7.64. The molecule has 1 saturated heterocycles. The van der Waals surface area contributed by atoms with Crippen LogP contribution in [0.3, 0.4) is 0 Å². The fourth-order valence-electron chi connectivity index (χ4n) is 3.73. The van der Waals surface area contributed by atoms with E-state index >= 15 is 0 Å². The van der Waals surface area contributed by atoms with Crippen LogP contribution in [0, 0.1) is 6.92 Å². The molecule has 162 valence electrons. The summed E-state index contributed by atoms with van der Waals surface area (Å²) in [4.78, 5) is 13.9. The number of hydrogen-bond acceptors (Lipinski definition) is 3. The van der Waals surface area contributed by atoms with E-state index in [1.165, 1.54) is 9.87 Å². The van der Waals surface area contributed by atoms with E-state index in [0.717, 1.165) is 23.3 Å². The summed E-state index contributed by atoms with van der Waals surface area (Å²) in [5, 5.41) is 3.08. The summed E-state index contributed by atoms with van der Waals surface area (Å²) in [6, 6.07) is 17.3. The molecule has 1 aliphatic heterocycles. The van der Waals surface area contributed by atoms with Gasteiger partial charge in [-0.25, -0.2) is 8.42 Å². The molecule has 6 nitrogen and oxygen atoms in total. The maximum Gasteiger partial charge on any atom is 0.275 e. The van der Waals surface area contributed by atoms with Gasteiger partial charge in [-0.2, -0.15) is 4.31 Å². The van der Waals surface area contributed by atoms with E-state index in [-0.39, 0.29) is 11.9 Å². The van der Waals surface area contributed by atoms with E-state index < -0.39 is 10.0 Å². The average Bonchev–Trinajstić information content (AvgIpc) is 2.73. The first kappa shape index (κ1) is 22.5. The predicted molar refractivity (Wildman–Crippen MR) is 118 cm³/mol. The number of rotatable bonds is 8. The van der Waals surface area contributed by atoms with Crippen LogP contribution in [-0.4, -0.2) is 57.4 Å². The van der Waals surface area contributed by atoms with Crippen molar-refractivity contribution in [1.29, 1.82) is 0 Å². The van der Waals surface area contributed by atoms with E-state index in [0.29, 0.717) is 37.6 Å². The van der Waals surface area contributed by atoms with Crippen molar-refractivity contribution < 1.29 is 18.1 Å². The topological polar surface area (TPSA) is 70.9 Å². The molecule has 2 N–H and O–H groups in total. The van der Waals surface area contributed by atoms with Crippen LogP contribution < -0.4 is 10.2 Å². The van der Waals surface area contributed by atoms with Gasteiger partial charge in [-0.3, -0.25) is 4.79 Å². The van der Waals surface area contributed by atoms with E-state index in [1.54, 1.807) is 12.1 Å². The molecule has 0 aromatic heterocycles. The zero-order valence-electron chi connectivity index (χ0n) is 17.8. The van der Waals surface area contributed by atoms with Gasteiger partial charge in [0.25, 0.3) is 5.91 Å². The Morgan fingerprint density at radius 3 is 2.33 bits per heavy atom. The Hall–Kier alpha value is -2.22. The van der Waals surface area contributed by atoms with Gasteiger partial charge < -0.3 is 10.2 Å². The van der Waals surface area contributed by atoms with Crippen LogP contribution in [0.2, 0.25) is 0 Å². The van der Waals surface area contributed by atoms with Crippen molar-refractivity contribution in [3.8, 4) is 0 Å². The van der Waals surface area contributed by atoms with Crippen LogP contribution in [0.4, 0.5) is 0 Å². The van der Waals surface area contributed by atoms with Crippen LogP contribution in [-0.2, 0) is 21.2 Å². The van der Waals surface area contributed by atoms with Gasteiger partial charge >= 0.3 is 0 Å². The maximum absolute atomic E-state index is 12.8. The first-order valence-electron chi connectivity index (χ1n) is 10.6.